The van der Waals surface area contributed by atoms with E-state index in [-0.39, 0.29) is 0 Å². The van der Waals surface area contributed by atoms with E-state index in [1.54, 1.807) is 0 Å². The van der Waals surface area contributed by atoms with E-state index in [2.05, 4.69) is 85.7 Å². The van der Waals surface area contributed by atoms with Crippen LogP contribution in [-0.4, -0.2) is 14.1 Å². The van der Waals surface area contributed by atoms with Crippen LogP contribution in [0.1, 0.15) is 0 Å². The van der Waals surface area contributed by atoms with Crippen LogP contribution in [0.4, 0.5) is 5.69 Å². The predicted molar refractivity (Wildman–Crippen MR) is 102 cm³/mol. The highest BCUT2D eigenvalue weighted by Crippen LogP contribution is 2.43. The molecule has 0 bridgehead atoms. The van der Waals surface area contributed by atoms with E-state index >= 15 is 0 Å². The summed E-state index contributed by atoms with van der Waals surface area (Å²) in [5.74, 6) is 0. The average molecular weight is 295 g/mol. The zero-order chi connectivity index (χ0) is 15.6. The van der Waals surface area contributed by atoms with Crippen molar-refractivity contribution < 1.29 is 0 Å². The third kappa shape index (κ3) is 1.57. The third-order valence-corrected chi connectivity index (χ3v) is 4.97. The van der Waals surface area contributed by atoms with Gasteiger partial charge in [0.05, 0.1) is 0 Å². The van der Waals surface area contributed by atoms with E-state index < -0.39 is 0 Å². The van der Waals surface area contributed by atoms with Crippen LogP contribution in [0, 0.1) is 0 Å². The molecule has 0 amide bonds. The van der Waals surface area contributed by atoms with E-state index in [1.165, 1.54) is 48.8 Å². The summed E-state index contributed by atoms with van der Waals surface area (Å²) in [5, 5.41) is 10.8. The highest BCUT2D eigenvalue weighted by Gasteiger charge is 2.15. The van der Waals surface area contributed by atoms with Crippen molar-refractivity contribution in [2.24, 2.45) is 0 Å². The van der Waals surface area contributed by atoms with Crippen LogP contribution in [-0.2, 0) is 0 Å². The molecular weight excluding hydrogens is 278 g/mol. The summed E-state index contributed by atoms with van der Waals surface area (Å²) >= 11 is 0. The second-order valence-electron chi connectivity index (χ2n) is 6.47. The van der Waals surface area contributed by atoms with Crippen LogP contribution in [0.3, 0.4) is 0 Å². The lowest BCUT2D eigenvalue weighted by atomic mass is 9.89. The molecule has 5 rings (SSSR count). The van der Waals surface area contributed by atoms with E-state index in [9.17, 15) is 0 Å². The maximum atomic E-state index is 2.27. The molecule has 0 aliphatic rings. The average Bonchev–Trinajstić information content (AvgIpc) is 2.58. The minimum Gasteiger partial charge on any atom is -0.377 e. The Morgan fingerprint density at radius 3 is 1.74 bits per heavy atom. The third-order valence-electron chi connectivity index (χ3n) is 4.97. The number of hydrogen-bond acceptors (Lipinski definition) is 1. The molecule has 0 atom stereocenters. The topological polar surface area (TPSA) is 3.24 Å². The Hall–Kier alpha value is -2.80. The quantitative estimate of drug-likeness (QED) is 0.279. The van der Waals surface area contributed by atoms with Gasteiger partial charge in [-0.2, -0.15) is 0 Å². The fourth-order valence-electron chi connectivity index (χ4n) is 4.01. The van der Waals surface area contributed by atoms with Crippen LogP contribution in [0.15, 0.2) is 66.7 Å². The summed E-state index contributed by atoms with van der Waals surface area (Å²) in [6.45, 7) is 0. The first-order valence-corrected chi connectivity index (χ1v) is 8.01. The van der Waals surface area contributed by atoms with Gasteiger partial charge in [0.15, 0.2) is 0 Å². The summed E-state index contributed by atoms with van der Waals surface area (Å²) in [6.07, 6.45) is 0. The van der Waals surface area contributed by atoms with Crippen molar-refractivity contribution in [1.82, 2.24) is 0 Å². The second-order valence-corrected chi connectivity index (χ2v) is 6.47. The molecule has 5 aromatic carbocycles. The van der Waals surface area contributed by atoms with E-state index in [4.69, 9.17) is 0 Å². The van der Waals surface area contributed by atoms with Gasteiger partial charge in [0, 0.05) is 25.2 Å². The fraction of sp³-hybridized carbons (Fsp3) is 0.0909. The van der Waals surface area contributed by atoms with E-state index in [0.717, 1.165) is 0 Å². The molecule has 110 valence electrons. The maximum absolute atomic E-state index is 2.27. The fourth-order valence-corrected chi connectivity index (χ4v) is 4.01. The molecule has 0 aromatic heterocycles. The molecule has 1 nitrogen and oxygen atoms in total. The van der Waals surface area contributed by atoms with Crippen molar-refractivity contribution in [2.45, 2.75) is 0 Å². The number of benzene rings is 5. The first-order chi connectivity index (χ1) is 11.3. The molecule has 0 radical (unpaired) electrons. The van der Waals surface area contributed by atoms with Crippen LogP contribution < -0.4 is 4.90 Å². The van der Waals surface area contributed by atoms with Gasteiger partial charge in [-0.3, -0.25) is 0 Å². The molecule has 0 aliphatic heterocycles. The normalized spacial score (nSPS) is 11.9. The molecule has 0 saturated heterocycles. The van der Waals surface area contributed by atoms with Gasteiger partial charge < -0.3 is 4.90 Å². The first-order valence-electron chi connectivity index (χ1n) is 8.01. The highest BCUT2D eigenvalue weighted by atomic mass is 15.1. The Labute approximate surface area is 135 Å². The van der Waals surface area contributed by atoms with Crippen molar-refractivity contribution in [3.8, 4) is 0 Å². The summed E-state index contributed by atoms with van der Waals surface area (Å²) in [5.41, 5.74) is 1.28. The SMILES string of the molecule is CN(C)c1ccc2cccc3c4cccc5cccc(c1c23)c54. The zero-order valence-electron chi connectivity index (χ0n) is 13.3. The first kappa shape index (κ1) is 12.7. The summed E-state index contributed by atoms with van der Waals surface area (Å²) in [4.78, 5) is 2.22. The lowest BCUT2D eigenvalue weighted by Crippen LogP contribution is -2.09. The van der Waals surface area contributed by atoms with E-state index in [0.29, 0.717) is 0 Å². The molecule has 0 N–H and O–H groups in total. The van der Waals surface area contributed by atoms with Crippen LogP contribution in [0.5, 0.6) is 0 Å². The lowest BCUT2D eigenvalue weighted by Gasteiger charge is -2.20. The minimum absolute atomic E-state index is 1.28. The summed E-state index contributed by atoms with van der Waals surface area (Å²) < 4.78 is 0. The molecule has 0 spiro atoms. The van der Waals surface area contributed by atoms with E-state index in [1.807, 2.05) is 0 Å². The Morgan fingerprint density at radius 1 is 0.522 bits per heavy atom. The standard InChI is InChI=1S/C22H17N/c1-23(2)19-13-12-15-8-4-10-17-16-9-3-6-14-7-5-11-18(20(14)16)22(19)21(15)17/h3-13H,1-2H3. The van der Waals surface area contributed by atoms with Gasteiger partial charge in [-0.1, -0.05) is 60.7 Å². The molecule has 0 unspecified atom stereocenters. The maximum Gasteiger partial charge on any atom is 0.0447 e. The van der Waals surface area contributed by atoms with Crippen molar-refractivity contribution >= 4 is 48.8 Å². The summed E-state index contributed by atoms with van der Waals surface area (Å²) in [7, 11) is 4.25. The Bertz CT molecular complexity index is 1180. The van der Waals surface area contributed by atoms with Gasteiger partial charge in [-0.25, -0.2) is 0 Å². The molecular formula is C22H17N. The zero-order valence-corrected chi connectivity index (χ0v) is 13.3. The molecule has 0 aliphatic carbocycles. The highest BCUT2D eigenvalue weighted by molar-refractivity contribution is 6.35. The molecule has 0 saturated carbocycles. The van der Waals surface area contributed by atoms with Crippen molar-refractivity contribution in [1.29, 1.82) is 0 Å². The predicted octanol–water partition coefficient (Wildman–Crippen LogP) is 5.80. The van der Waals surface area contributed by atoms with Crippen molar-refractivity contribution in [2.75, 3.05) is 19.0 Å². The van der Waals surface area contributed by atoms with Crippen molar-refractivity contribution in [3.63, 3.8) is 0 Å². The molecule has 0 heterocycles. The van der Waals surface area contributed by atoms with Crippen LogP contribution >= 0.6 is 0 Å². The summed E-state index contributed by atoms with van der Waals surface area (Å²) in [6, 6.07) is 24.4. The van der Waals surface area contributed by atoms with Gasteiger partial charge >= 0.3 is 0 Å². The number of fused-ring (bicyclic) bond motifs is 2. The Kier molecular flexibility index (Phi) is 2.41. The molecule has 0 fully saturated rings. The molecule has 5 aromatic rings. The van der Waals surface area contributed by atoms with Gasteiger partial charge in [0.2, 0.25) is 0 Å². The monoisotopic (exact) mass is 295 g/mol. The lowest BCUT2D eigenvalue weighted by molar-refractivity contribution is 1.14. The Morgan fingerprint density at radius 2 is 1.09 bits per heavy atom. The second kappa shape index (κ2) is 4.36. The number of anilines is 1. The number of hydrogen-bond donors (Lipinski definition) is 0. The van der Waals surface area contributed by atoms with Gasteiger partial charge in [0.1, 0.15) is 0 Å². The number of nitrogens with zero attached hydrogens (tertiary/aromatic N) is 1. The molecule has 1 heteroatoms. The van der Waals surface area contributed by atoms with Crippen molar-refractivity contribution in [3.05, 3.63) is 66.7 Å². The smallest absolute Gasteiger partial charge is 0.0447 e. The van der Waals surface area contributed by atoms with Gasteiger partial charge in [-0.05, 0) is 43.8 Å². The Balaban J connectivity index is 2.25. The van der Waals surface area contributed by atoms with Crippen LogP contribution in [0.2, 0.25) is 0 Å². The van der Waals surface area contributed by atoms with Gasteiger partial charge in [-0.15, -0.1) is 0 Å². The molecule has 23 heavy (non-hydrogen) atoms. The van der Waals surface area contributed by atoms with Gasteiger partial charge in [0.25, 0.3) is 0 Å². The minimum atomic E-state index is 1.28. The number of rotatable bonds is 1. The largest absolute Gasteiger partial charge is 0.377 e. The van der Waals surface area contributed by atoms with Crippen LogP contribution in [0.25, 0.3) is 43.1 Å².